The molecule has 1 aliphatic carbocycles. The highest BCUT2D eigenvalue weighted by Gasteiger charge is 2.63. The molecular weight excluding hydrogens is 324 g/mol. The molecule has 2 N–H and O–H groups in total. The number of likely N-dealkylation sites (N-methyl/N-ethyl adjacent to an activating group) is 1. The Morgan fingerprint density at radius 3 is 2.25 bits per heavy atom. The second-order valence-electron chi connectivity index (χ2n) is 7.17. The van der Waals surface area contributed by atoms with E-state index in [1.807, 2.05) is 27.8 Å². The molecule has 24 heavy (non-hydrogen) atoms. The van der Waals surface area contributed by atoms with Gasteiger partial charge in [-0.05, 0) is 24.5 Å². The summed E-state index contributed by atoms with van der Waals surface area (Å²) in [4.78, 5) is 14.6. The van der Waals surface area contributed by atoms with Crippen molar-refractivity contribution in [1.82, 2.24) is 4.90 Å². The fraction of sp³-hybridized carbons (Fsp3) is 0.632. The molecule has 0 spiro atoms. The van der Waals surface area contributed by atoms with Gasteiger partial charge in [0.1, 0.15) is 5.54 Å². The molecule has 2 rings (SSSR count). The highest BCUT2D eigenvalue weighted by Crippen LogP contribution is 2.50. The van der Waals surface area contributed by atoms with Gasteiger partial charge in [0, 0.05) is 32.0 Å². The van der Waals surface area contributed by atoms with E-state index in [9.17, 15) is 4.79 Å². The molecule has 2 unspecified atom stereocenters. The zero-order chi connectivity index (χ0) is 17.3. The number of hydrogen-bond donors (Lipinski definition) is 1. The molecule has 1 fully saturated rings. The van der Waals surface area contributed by atoms with Crippen molar-refractivity contribution in [2.24, 2.45) is 11.1 Å². The molecule has 1 amide bonds. The second-order valence-corrected chi connectivity index (χ2v) is 7.17. The third-order valence-electron chi connectivity index (χ3n) is 5.41. The van der Waals surface area contributed by atoms with Crippen LogP contribution in [-0.4, -0.2) is 36.1 Å². The monoisotopic (exact) mass is 354 g/mol. The van der Waals surface area contributed by atoms with Crippen molar-refractivity contribution in [3.05, 3.63) is 35.4 Å². The smallest absolute Gasteiger partial charge is 0.243 e. The van der Waals surface area contributed by atoms with Crippen molar-refractivity contribution in [3.8, 4) is 0 Å². The Bertz CT molecular complexity index is 559. The van der Waals surface area contributed by atoms with Gasteiger partial charge in [-0.3, -0.25) is 4.79 Å². The van der Waals surface area contributed by atoms with E-state index in [0.717, 1.165) is 12.0 Å². The first-order valence-electron chi connectivity index (χ1n) is 8.50. The van der Waals surface area contributed by atoms with Gasteiger partial charge in [-0.2, -0.15) is 0 Å². The molecule has 0 radical (unpaired) electrons. The van der Waals surface area contributed by atoms with Gasteiger partial charge >= 0.3 is 0 Å². The quantitative estimate of drug-likeness (QED) is 0.853. The van der Waals surface area contributed by atoms with Crippen LogP contribution in [0.3, 0.4) is 0 Å². The lowest BCUT2D eigenvalue weighted by Crippen LogP contribution is -2.75. The summed E-state index contributed by atoms with van der Waals surface area (Å²) in [6, 6.07) is 8.40. The van der Waals surface area contributed by atoms with Gasteiger partial charge < -0.3 is 15.4 Å². The van der Waals surface area contributed by atoms with Gasteiger partial charge in [0.15, 0.2) is 0 Å². The summed E-state index contributed by atoms with van der Waals surface area (Å²) in [6.07, 6.45) is 1.67. The predicted octanol–water partition coefficient (Wildman–Crippen LogP) is 3.16. The highest BCUT2D eigenvalue weighted by molar-refractivity contribution is 5.88. The number of aryl methyl sites for hydroxylation is 1. The van der Waals surface area contributed by atoms with Crippen molar-refractivity contribution >= 4 is 18.3 Å². The molecule has 0 bridgehead atoms. The normalized spacial score (nSPS) is 24.7. The van der Waals surface area contributed by atoms with E-state index in [4.69, 9.17) is 10.5 Å². The van der Waals surface area contributed by atoms with E-state index in [1.165, 1.54) is 5.56 Å². The molecule has 0 aromatic heterocycles. The zero-order valence-corrected chi connectivity index (χ0v) is 16.3. The molecule has 1 aliphatic rings. The summed E-state index contributed by atoms with van der Waals surface area (Å²) < 4.78 is 5.71. The summed E-state index contributed by atoms with van der Waals surface area (Å²) in [7, 11) is 1.83. The number of ether oxygens (including phenoxy) is 1. The fourth-order valence-electron chi connectivity index (χ4n) is 3.36. The summed E-state index contributed by atoms with van der Waals surface area (Å²) in [5.41, 5.74) is 7.71. The van der Waals surface area contributed by atoms with Crippen LogP contribution in [0.5, 0.6) is 0 Å². The Balaban J connectivity index is 0.00000288. The summed E-state index contributed by atoms with van der Waals surface area (Å²) in [6.45, 7) is 9.39. The molecule has 1 saturated carbocycles. The van der Waals surface area contributed by atoms with E-state index in [2.05, 4.69) is 31.2 Å². The Morgan fingerprint density at radius 1 is 1.25 bits per heavy atom. The van der Waals surface area contributed by atoms with Gasteiger partial charge in [-0.25, -0.2) is 0 Å². The third-order valence-corrected chi connectivity index (χ3v) is 5.41. The van der Waals surface area contributed by atoms with Gasteiger partial charge in [0.25, 0.3) is 0 Å². The van der Waals surface area contributed by atoms with Crippen molar-refractivity contribution in [2.45, 2.75) is 58.7 Å². The molecular formula is C19H31ClN2O2. The number of carbonyl (C=O) groups excluding carboxylic acids is 1. The Labute approximate surface area is 152 Å². The largest absolute Gasteiger partial charge is 0.378 e. The molecule has 1 aromatic rings. The summed E-state index contributed by atoms with van der Waals surface area (Å²) in [5, 5.41) is 0. The molecule has 1 aromatic carbocycles. The van der Waals surface area contributed by atoms with Crippen LogP contribution >= 0.6 is 12.4 Å². The van der Waals surface area contributed by atoms with Crippen LogP contribution in [0.1, 0.15) is 45.2 Å². The maximum atomic E-state index is 12.9. The third kappa shape index (κ3) is 3.61. The Kier molecular flexibility index (Phi) is 6.85. The molecule has 0 saturated heterocycles. The average Bonchev–Trinajstić information content (AvgIpc) is 2.54. The lowest BCUT2D eigenvalue weighted by atomic mass is 9.54. The average molecular weight is 355 g/mol. The maximum Gasteiger partial charge on any atom is 0.243 e. The predicted molar refractivity (Wildman–Crippen MR) is 100 cm³/mol. The number of benzene rings is 1. The SMILES string of the molecule is CCOC1CC(N)(C(=O)N(C)Cc2ccc(CC)cc2)C1(C)C.Cl. The van der Waals surface area contributed by atoms with Crippen molar-refractivity contribution in [2.75, 3.05) is 13.7 Å². The highest BCUT2D eigenvalue weighted by atomic mass is 35.5. The van der Waals surface area contributed by atoms with Crippen molar-refractivity contribution in [1.29, 1.82) is 0 Å². The minimum absolute atomic E-state index is 0. The van der Waals surface area contributed by atoms with E-state index in [1.54, 1.807) is 4.90 Å². The van der Waals surface area contributed by atoms with Crippen molar-refractivity contribution < 1.29 is 9.53 Å². The maximum absolute atomic E-state index is 12.9. The first kappa shape index (κ1) is 20.9. The zero-order valence-electron chi connectivity index (χ0n) is 15.5. The minimum Gasteiger partial charge on any atom is -0.378 e. The molecule has 0 aliphatic heterocycles. The fourth-order valence-corrected chi connectivity index (χ4v) is 3.36. The lowest BCUT2D eigenvalue weighted by Gasteiger charge is -2.58. The number of nitrogens with two attached hydrogens (primary N) is 1. The summed E-state index contributed by atoms with van der Waals surface area (Å²) >= 11 is 0. The van der Waals surface area contributed by atoms with Crippen LogP contribution in [0.15, 0.2) is 24.3 Å². The topological polar surface area (TPSA) is 55.6 Å². The van der Waals surface area contributed by atoms with Crippen LogP contribution in [0.25, 0.3) is 0 Å². The van der Waals surface area contributed by atoms with Crippen LogP contribution < -0.4 is 5.73 Å². The second kappa shape index (κ2) is 7.85. The minimum atomic E-state index is -0.842. The van der Waals surface area contributed by atoms with E-state index in [-0.39, 0.29) is 29.8 Å². The number of halogens is 1. The first-order chi connectivity index (χ1) is 10.8. The molecule has 0 heterocycles. The molecule has 4 nitrogen and oxygen atoms in total. The lowest BCUT2D eigenvalue weighted by molar-refractivity contribution is -0.178. The van der Waals surface area contributed by atoms with Crippen LogP contribution in [0, 0.1) is 5.41 Å². The van der Waals surface area contributed by atoms with Gasteiger partial charge in [-0.15, -0.1) is 12.4 Å². The number of rotatable bonds is 6. The molecule has 136 valence electrons. The Morgan fingerprint density at radius 2 is 1.79 bits per heavy atom. The van der Waals surface area contributed by atoms with Gasteiger partial charge in [-0.1, -0.05) is 45.0 Å². The molecule has 5 heteroatoms. The Hall–Kier alpha value is -1.10. The number of hydrogen-bond acceptors (Lipinski definition) is 3. The van der Waals surface area contributed by atoms with E-state index >= 15 is 0 Å². The summed E-state index contributed by atoms with van der Waals surface area (Å²) in [5.74, 6) is -0.00183. The van der Waals surface area contributed by atoms with Gasteiger partial charge in [0.05, 0.1) is 6.10 Å². The standard InChI is InChI=1S/C19H30N2O2.ClH/c1-6-14-8-10-15(11-9-14)13-21(5)17(22)19(20)12-16(23-7-2)18(19,3)4;/h8-11,16H,6-7,12-13,20H2,1-5H3;1H. The number of nitrogens with zero attached hydrogens (tertiary/aromatic N) is 1. The van der Waals surface area contributed by atoms with Gasteiger partial charge in [0.2, 0.25) is 5.91 Å². The first-order valence-corrected chi connectivity index (χ1v) is 8.50. The number of carbonyl (C=O) groups is 1. The number of amides is 1. The van der Waals surface area contributed by atoms with E-state index in [0.29, 0.717) is 19.6 Å². The van der Waals surface area contributed by atoms with E-state index < -0.39 is 5.54 Å². The van der Waals surface area contributed by atoms with Crippen molar-refractivity contribution in [3.63, 3.8) is 0 Å². The van der Waals surface area contributed by atoms with Crippen LogP contribution in [0.4, 0.5) is 0 Å². The van der Waals surface area contributed by atoms with Crippen LogP contribution in [0.2, 0.25) is 0 Å². The van der Waals surface area contributed by atoms with Crippen LogP contribution in [-0.2, 0) is 22.5 Å². The molecule has 2 atom stereocenters.